The Kier molecular flexibility index (Phi) is 7.73. The minimum atomic E-state index is -1.03. The third-order valence-corrected chi connectivity index (χ3v) is 7.21. The quantitative estimate of drug-likeness (QED) is 0.490. The molecule has 1 fully saturated rings. The van der Waals surface area contributed by atoms with Crippen LogP contribution in [0, 0.1) is 11.8 Å². The molecule has 0 spiro atoms. The van der Waals surface area contributed by atoms with Gasteiger partial charge in [-0.05, 0) is 47.9 Å². The lowest BCUT2D eigenvalue weighted by atomic mass is 9.98. The van der Waals surface area contributed by atoms with Gasteiger partial charge < -0.3 is 20.1 Å². The summed E-state index contributed by atoms with van der Waals surface area (Å²) >= 11 is 0. The second-order valence-corrected chi connectivity index (χ2v) is 9.70. The van der Waals surface area contributed by atoms with E-state index in [1.807, 2.05) is 38.1 Å². The normalized spacial score (nSPS) is 16.1. The summed E-state index contributed by atoms with van der Waals surface area (Å²) in [6, 6.07) is 16.1. The summed E-state index contributed by atoms with van der Waals surface area (Å²) in [5, 5.41) is 12.1. The number of ether oxygens (including phenoxy) is 1. The fourth-order valence-corrected chi connectivity index (χ4v) is 4.93. The van der Waals surface area contributed by atoms with Gasteiger partial charge in [-0.25, -0.2) is 4.79 Å². The molecule has 0 heterocycles. The molecule has 7 heteroatoms. The third-order valence-electron chi connectivity index (χ3n) is 7.21. The summed E-state index contributed by atoms with van der Waals surface area (Å²) in [4.78, 5) is 38.7. The average molecular weight is 479 g/mol. The monoisotopic (exact) mass is 478 g/mol. The van der Waals surface area contributed by atoms with E-state index in [9.17, 15) is 19.5 Å². The highest BCUT2D eigenvalue weighted by atomic mass is 16.5. The van der Waals surface area contributed by atoms with Gasteiger partial charge in [0.2, 0.25) is 5.91 Å². The van der Waals surface area contributed by atoms with E-state index in [0.29, 0.717) is 18.8 Å². The summed E-state index contributed by atoms with van der Waals surface area (Å²) in [6.07, 6.45) is 2.88. The predicted molar refractivity (Wildman–Crippen MR) is 133 cm³/mol. The molecule has 7 nitrogen and oxygen atoms in total. The van der Waals surface area contributed by atoms with Gasteiger partial charge in [-0.15, -0.1) is 0 Å². The van der Waals surface area contributed by atoms with Crippen molar-refractivity contribution in [3.8, 4) is 11.1 Å². The molecular formula is C28H34N2O5. The van der Waals surface area contributed by atoms with Crippen LogP contribution in [0.15, 0.2) is 48.5 Å². The van der Waals surface area contributed by atoms with Gasteiger partial charge in [0, 0.05) is 18.5 Å². The minimum absolute atomic E-state index is 0.0338. The molecule has 2 aromatic carbocycles. The number of benzene rings is 2. The average Bonchev–Trinajstić information content (AvgIpc) is 3.63. The number of hydrogen-bond donors (Lipinski definition) is 2. The number of carbonyl (C=O) groups excluding carboxylic acids is 2. The first-order valence-electron chi connectivity index (χ1n) is 12.5. The molecule has 2 aliphatic carbocycles. The van der Waals surface area contributed by atoms with E-state index in [0.717, 1.165) is 35.1 Å². The Morgan fingerprint density at radius 3 is 2.20 bits per heavy atom. The zero-order valence-corrected chi connectivity index (χ0v) is 20.4. The molecule has 4 rings (SSSR count). The van der Waals surface area contributed by atoms with Crippen LogP contribution in [0.3, 0.4) is 0 Å². The van der Waals surface area contributed by atoms with Crippen molar-refractivity contribution >= 4 is 18.0 Å². The maximum Gasteiger partial charge on any atom is 0.407 e. The molecule has 0 aromatic heterocycles. The van der Waals surface area contributed by atoms with Gasteiger partial charge in [-0.3, -0.25) is 9.59 Å². The molecule has 186 valence electrons. The highest BCUT2D eigenvalue weighted by Gasteiger charge is 2.34. The van der Waals surface area contributed by atoms with E-state index in [1.165, 1.54) is 4.90 Å². The summed E-state index contributed by atoms with van der Waals surface area (Å²) < 4.78 is 5.62. The third kappa shape index (κ3) is 5.84. The van der Waals surface area contributed by atoms with Crippen LogP contribution in [0.4, 0.5) is 4.79 Å². The number of carboxylic acid groups (broad SMARTS) is 1. The predicted octanol–water partition coefficient (Wildman–Crippen LogP) is 4.65. The summed E-state index contributed by atoms with van der Waals surface area (Å²) in [5.74, 6) is -1.29. The number of aliphatic carboxylic acids is 1. The van der Waals surface area contributed by atoms with Crippen LogP contribution in [0.2, 0.25) is 0 Å². The second kappa shape index (κ2) is 10.9. The van der Waals surface area contributed by atoms with Gasteiger partial charge in [-0.2, -0.15) is 0 Å². The topological polar surface area (TPSA) is 95.9 Å². The van der Waals surface area contributed by atoms with Crippen LogP contribution in [0.1, 0.15) is 56.6 Å². The van der Waals surface area contributed by atoms with Crippen molar-refractivity contribution in [2.75, 3.05) is 19.7 Å². The summed E-state index contributed by atoms with van der Waals surface area (Å²) in [6.45, 7) is 3.79. The Balaban J connectivity index is 1.38. The molecule has 2 unspecified atom stereocenters. The van der Waals surface area contributed by atoms with E-state index in [-0.39, 0.29) is 37.6 Å². The Bertz CT molecular complexity index is 1040. The molecule has 2 amide bonds. The zero-order valence-electron chi connectivity index (χ0n) is 20.4. The Morgan fingerprint density at radius 1 is 1.06 bits per heavy atom. The van der Waals surface area contributed by atoms with Crippen LogP contribution in [-0.4, -0.2) is 53.7 Å². The second-order valence-electron chi connectivity index (χ2n) is 9.70. The van der Waals surface area contributed by atoms with E-state index in [2.05, 4.69) is 29.6 Å². The molecule has 2 atom stereocenters. The Hall–Kier alpha value is -3.35. The SMILES string of the molecule is CCC(C)N(CC(=O)O)C(=O)C(CNC(=O)OCC1c2ccccc2-c2ccccc21)CC1CC1. The fourth-order valence-electron chi connectivity index (χ4n) is 4.93. The highest BCUT2D eigenvalue weighted by molar-refractivity contribution is 5.84. The van der Waals surface area contributed by atoms with E-state index in [1.54, 1.807) is 0 Å². The van der Waals surface area contributed by atoms with Gasteiger partial charge in [0.1, 0.15) is 13.2 Å². The molecule has 0 bridgehead atoms. The maximum absolute atomic E-state index is 13.3. The van der Waals surface area contributed by atoms with Crippen molar-refractivity contribution in [3.05, 3.63) is 59.7 Å². The van der Waals surface area contributed by atoms with Crippen LogP contribution < -0.4 is 5.32 Å². The molecule has 1 saturated carbocycles. The number of hydrogen-bond acceptors (Lipinski definition) is 4. The lowest BCUT2D eigenvalue weighted by molar-refractivity contribution is -0.148. The molecule has 2 aromatic rings. The smallest absolute Gasteiger partial charge is 0.407 e. The first-order valence-corrected chi connectivity index (χ1v) is 12.5. The number of carbonyl (C=O) groups is 3. The van der Waals surface area contributed by atoms with Crippen molar-refractivity contribution in [1.82, 2.24) is 10.2 Å². The van der Waals surface area contributed by atoms with Crippen molar-refractivity contribution in [2.45, 2.75) is 51.5 Å². The molecule has 0 saturated heterocycles. The lowest BCUT2D eigenvalue weighted by Gasteiger charge is -2.31. The highest BCUT2D eigenvalue weighted by Crippen LogP contribution is 2.44. The van der Waals surface area contributed by atoms with Gasteiger partial charge in [0.15, 0.2) is 0 Å². The minimum Gasteiger partial charge on any atom is -0.480 e. The number of nitrogens with one attached hydrogen (secondary N) is 1. The van der Waals surface area contributed by atoms with Crippen LogP contribution >= 0.6 is 0 Å². The standard InChI is InChI=1S/C28H34N2O5/c1-3-18(2)30(16-26(31)32)27(33)20(14-19-12-13-19)15-29-28(34)35-17-25-23-10-6-4-8-21(23)22-9-5-7-11-24(22)25/h4-11,18-20,25H,3,12-17H2,1-2H3,(H,29,34)(H,31,32). The van der Waals surface area contributed by atoms with Crippen LogP contribution in [-0.2, 0) is 14.3 Å². The number of fused-ring (bicyclic) bond motifs is 3. The molecule has 0 aliphatic heterocycles. The lowest BCUT2D eigenvalue weighted by Crippen LogP contribution is -2.47. The number of alkyl carbamates (subject to hydrolysis) is 1. The summed E-state index contributed by atoms with van der Waals surface area (Å²) in [7, 11) is 0. The van der Waals surface area contributed by atoms with Crippen LogP contribution in [0.5, 0.6) is 0 Å². The van der Waals surface area contributed by atoms with E-state index in [4.69, 9.17) is 4.74 Å². The van der Waals surface area contributed by atoms with E-state index < -0.39 is 18.0 Å². The maximum atomic E-state index is 13.3. The molecule has 2 aliphatic rings. The van der Waals surface area contributed by atoms with Crippen LogP contribution in [0.25, 0.3) is 11.1 Å². The fraction of sp³-hybridized carbons (Fsp3) is 0.464. The number of rotatable bonds is 11. The van der Waals surface area contributed by atoms with Crippen molar-refractivity contribution < 1.29 is 24.2 Å². The van der Waals surface area contributed by atoms with Gasteiger partial charge in [0.05, 0.1) is 5.92 Å². The van der Waals surface area contributed by atoms with Crippen molar-refractivity contribution in [2.24, 2.45) is 11.8 Å². The molecule has 35 heavy (non-hydrogen) atoms. The first-order chi connectivity index (χ1) is 16.9. The van der Waals surface area contributed by atoms with Gasteiger partial charge in [0.25, 0.3) is 0 Å². The summed E-state index contributed by atoms with van der Waals surface area (Å²) in [5.41, 5.74) is 4.61. The van der Waals surface area contributed by atoms with Crippen molar-refractivity contribution in [3.63, 3.8) is 0 Å². The van der Waals surface area contributed by atoms with E-state index >= 15 is 0 Å². The number of carboxylic acids is 1. The Labute approximate surface area is 206 Å². The largest absolute Gasteiger partial charge is 0.480 e. The van der Waals surface area contributed by atoms with Gasteiger partial charge >= 0.3 is 12.1 Å². The Morgan fingerprint density at radius 2 is 1.66 bits per heavy atom. The number of amides is 2. The zero-order chi connectivity index (χ0) is 24.9. The molecule has 0 radical (unpaired) electrons. The first kappa shape index (κ1) is 24.8. The molecule has 2 N–H and O–H groups in total. The van der Waals surface area contributed by atoms with Crippen molar-refractivity contribution in [1.29, 1.82) is 0 Å². The van der Waals surface area contributed by atoms with Gasteiger partial charge in [-0.1, -0.05) is 68.3 Å². The number of nitrogens with zero attached hydrogens (tertiary/aromatic N) is 1. The molecular weight excluding hydrogens is 444 g/mol.